The highest BCUT2D eigenvalue weighted by atomic mass is 19.1. The quantitative estimate of drug-likeness (QED) is 0.432. The zero-order chi connectivity index (χ0) is 24.4. The number of nitro groups is 1. The van der Waals surface area contributed by atoms with Crippen LogP contribution in [0.3, 0.4) is 0 Å². The van der Waals surface area contributed by atoms with E-state index in [0.717, 1.165) is 23.2 Å². The van der Waals surface area contributed by atoms with Crippen molar-refractivity contribution in [3.05, 3.63) is 99.9 Å². The Morgan fingerprint density at radius 1 is 1.03 bits per heavy atom. The van der Waals surface area contributed by atoms with Crippen molar-refractivity contribution in [2.75, 3.05) is 36.0 Å². The van der Waals surface area contributed by atoms with Gasteiger partial charge in [-0.2, -0.15) is 0 Å². The molecule has 0 unspecified atom stereocenters. The normalized spacial score (nSPS) is 19.0. The Hall–Kier alpha value is -3.94. The second-order valence-electron chi connectivity index (χ2n) is 9.07. The fraction of sp³-hybridized carbons (Fsp3) is 0.296. The van der Waals surface area contributed by atoms with E-state index in [-0.39, 0.29) is 23.5 Å². The summed E-state index contributed by atoms with van der Waals surface area (Å²) >= 11 is 0. The smallest absolute Gasteiger partial charge is 0.269 e. The third kappa shape index (κ3) is 4.69. The lowest BCUT2D eigenvalue weighted by Crippen LogP contribution is -2.61. The highest BCUT2D eigenvalue weighted by Crippen LogP contribution is 2.38. The highest BCUT2D eigenvalue weighted by Gasteiger charge is 2.42. The number of non-ortho nitro benzene ring substituents is 1. The first-order chi connectivity index (χ1) is 17.0. The molecule has 2 atom stereocenters. The molecule has 1 saturated heterocycles. The second-order valence-corrected chi connectivity index (χ2v) is 9.07. The van der Waals surface area contributed by atoms with E-state index in [1.54, 1.807) is 24.3 Å². The standard InChI is InChI=1S/C27H27FN4O3/c28-23-8-4-5-9-25(23)30-14-15-31-24-11-10-21(32(34)35)16-20(24)17-22(26(31)18-30)27(33)29-13-12-19-6-2-1-3-7-19/h1-11,16,22,26H,12-15,17-18H2,(H,29,33)/t22-,26+/m0/s1. The number of amides is 1. The highest BCUT2D eigenvalue weighted by molar-refractivity contribution is 5.82. The molecule has 2 aliphatic rings. The lowest BCUT2D eigenvalue weighted by Gasteiger charge is -2.49. The molecule has 2 heterocycles. The molecule has 0 bridgehead atoms. The van der Waals surface area contributed by atoms with Crippen LogP contribution in [0.1, 0.15) is 11.1 Å². The van der Waals surface area contributed by atoms with Gasteiger partial charge in [0.2, 0.25) is 5.91 Å². The van der Waals surface area contributed by atoms with Gasteiger partial charge in [0, 0.05) is 44.0 Å². The van der Waals surface area contributed by atoms with Crippen LogP contribution in [-0.2, 0) is 17.6 Å². The Balaban J connectivity index is 1.40. The fourth-order valence-electron chi connectivity index (χ4n) is 5.26. The van der Waals surface area contributed by atoms with Gasteiger partial charge in [-0.25, -0.2) is 4.39 Å². The van der Waals surface area contributed by atoms with Crippen molar-refractivity contribution < 1.29 is 14.1 Å². The molecule has 8 heteroatoms. The molecule has 0 aliphatic carbocycles. The average molecular weight is 475 g/mol. The van der Waals surface area contributed by atoms with Crippen LogP contribution in [0.5, 0.6) is 0 Å². The van der Waals surface area contributed by atoms with E-state index in [1.807, 2.05) is 41.3 Å². The number of nitrogens with zero attached hydrogens (tertiary/aromatic N) is 3. The summed E-state index contributed by atoms with van der Waals surface area (Å²) in [6, 6.07) is 21.4. The molecule has 5 rings (SSSR count). The first-order valence-electron chi connectivity index (χ1n) is 11.9. The van der Waals surface area contributed by atoms with Gasteiger partial charge >= 0.3 is 0 Å². The molecule has 2 aliphatic heterocycles. The van der Waals surface area contributed by atoms with E-state index in [9.17, 15) is 19.3 Å². The number of hydrogen-bond acceptors (Lipinski definition) is 5. The summed E-state index contributed by atoms with van der Waals surface area (Å²) in [5.41, 5.74) is 3.42. The molecule has 0 saturated carbocycles. The Kier molecular flexibility index (Phi) is 6.35. The van der Waals surface area contributed by atoms with E-state index in [2.05, 4.69) is 10.2 Å². The predicted molar refractivity (Wildman–Crippen MR) is 133 cm³/mol. The monoisotopic (exact) mass is 474 g/mol. The van der Waals surface area contributed by atoms with Crippen molar-refractivity contribution in [2.45, 2.75) is 18.9 Å². The SMILES string of the molecule is O=C(NCCc1ccccc1)[C@H]1Cc2cc([N+](=O)[O-])ccc2N2CCN(c3ccccc3F)C[C@H]12. The van der Waals surface area contributed by atoms with Crippen molar-refractivity contribution in [3.8, 4) is 0 Å². The van der Waals surface area contributed by atoms with Gasteiger partial charge in [-0.3, -0.25) is 14.9 Å². The molecule has 0 radical (unpaired) electrons. The number of nitrogens with one attached hydrogen (secondary N) is 1. The maximum Gasteiger partial charge on any atom is 0.269 e. The minimum Gasteiger partial charge on any atom is -0.365 e. The summed E-state index contributed by atoms with van der Waals surface area (Å²) in [6.45, 7) is 2.19. The summed E-state index contributed by atoms with van der Waals surface area (Å²) in [5, 5.41) is 14.4. The number of benzene rings is 3. The zero-order valence-corrected chi connectivity index (χ0v) is 19.3. The zero-order valence-electron chi connectivity index (χ0n) is 19.3. The van der Waals surface area contributed by atoms with Crippen LogP contribution in [0.15, 0.2) is 72.8 Å². The maximum atomic E-state index is 14.5. The molecule has 3 aromatic carbocycles. The molecular weight excluding hydrogens is 447 g/mol. The molecule has 3 aromatic rings. The number of rotatable bonds is 6. The molecule has 180 valence electrons. The average Bonchev–Trinajstić information content (AvgIpc) is 2.88. The van der Waals surface area contributed by atoms with Crippen molar-refractivity contribution in [1.82, 2.24) is 5.32 Å². The number of para-hydroxylation sites is 1. The Bertz CT molecular complexity index is 1240. The summed E-state index contributed by atoms with van der Waals surface area (Å²) in [5.74, 6) is -0.769. The first kappa shape index (κ1) is 22.8. The molecule has 1 N–H and O–H groups in total. The summed E-state index contributed by atoms with van der Waals surface area (Å²) in [6.07, 6.45) is 1.12. The number of piperazine rings is 1. The van der Waals surface area contributed by atoms with Gasteiger partial charge in [0.15, 0.2) is 0 Å². The van der Waals surface area contributed by atoms with Crippen LogP contribution in [0, 0.1) is 21.8 Å². The molecular formula is C27H27FN4O3. The van der Waals surface area contributed by atoms with Crippen LogP contribution in [0.4, 0.5) is 21.5 Å². The van der Waals surface area contributed by atoms with Gasteiger partial charge in [0.25, 0.3) is 5.69 Å². The Morgan fingerprint density at radius 3 is 2.57 bits per heavy atom. The first-order valence-corrected chi connectivity index (χ1v) is 11.9. The number of fused-ring (bicyclic) bond motifs is 3. The second kappa shape index (κ2) is 9.74. The number of carbonyl (C=O) groups excluding carboxylic acids is 1. The minimum atomic E-state index is -0.408. The van der Waals surface area contributed by atoms with Gasteiger partial charge in [-0.1, -0.05) is 42.5 Å². The van der Waals surface area contributed by atoms with E-state index in [0.29, 0.717) is 38.3 Å². The lowest BCUT2D eigenvalue weighted by molar-refractivity contribution is -0.384. The van der Waals surface area contributed by atoms with E-state index < -0.39 is 10.8 Å². The van der Waals surface area contributed by atoms with Crippen molar-refractivity contribution in [2.24, 2.45) is 5.92 Å². The van der Waals surface area contributed by atoms with Gasteiger partial charge in [0.05, 0.1) is 22.6 Å². The topological polar surface area (TPSA) is 78.7 Å². The maximum absolute atomic E-state index is 14.5. The van der Waals surface area contributed by atoms with Crippen LogP contribution >= 0.6 is 0 Å². The number of nitro benzene ring substituents is 1. The molecule has 0 aromatic heterocycles. The van der Waals surface area contributed by atoms with E-state index in [4.69, 9.17) is 0 Å². The number of halogens is 1. The van der Waals surface area contributed by atoms with Crippen LogP contribution in [0.25, 0.3) is 0 Å². The van der Waals surface area contributed by atoms with E-state index >= 15 is 0 Å². The minimum absolute atomic E-state index is 0.0235. The third-order valence-corrected chi connectivity index (χ3v) is 6.99. The fourth-order valence-corrected chi connectivity index (χ4v) is 5.26. The van der Waals surface area contributed by atoms with Gasteiger partial charge < -0.3 is 15.1 Å². The van der Waals surface area contributed by atoms with Gasteiger partial charge in [0.1, 0.15) is 5.82 Å². The molecule has 35 heavy (non-hydrogen) atoms. The van der Waals surface area contributed by atoms with Crippen molar-refractivity contribution in [1.29, 1.82) is 0 Å². The molecule has 1 fully saturated rings. The van der Waals surface area contributed by atoms with Gasteiger partial charge in [-0.05, 0) is 42.2 Å². The van der Waals surface area contributed by atoms with E-state index in [1.165, 1.54) is 12.1 Å². The summed E-state index contributed by atoms with van der Waals surface area (Å²) in [4.78, 5) is 28.5. The molecule has 1 amide bonds. The van der Waals surface area contributed by atoms with Crippen LogP contribution in [0.2, 0.25) is 0 Å². The molecule has 7 nitrogen and oxygen atoms in total. The van der Waals surface area contributed by atoms with Crippen molar-refractivity contribution in [3.63, 3.8) is 0 Å². The van der Waals surface area contributed by atoms with Crippen molar-refractivity contribution >= 4 is 23.0 Å². The third-order valence-electron chi connectivity index (χ3n) is 6.99. The summed E-state index contributed by atoms with van der Waals surface area (Å²) < 4.78 is 14.5. The van der Waals surface area contributed by atoms with Crippen LogP contribution < -0.4 is 15.1 Å². The largest absolute Gasteiger partial charge is 0.365 e. The molecule has 0 spiro atoms. The number of anilines is 2. The Morgan fingerprint density at radius 2 is 1.80 bits per heavy atom. The van der Waals surface area contributed by atoms with Crippen LogP contribution in [-0.4, -0.2) is 43.1 Å². The van der Waals surface area contributed by atoms with Gasteiger partial charge in [-0.15, -0.1) is 0 Å². The lowest BCUT2D eigenvalue weighted by atomic mass is 9.83. The Labute approximate surface area is 203 Å². The summed E-state index contributed by atoms with van der Waals surface area (Å²) in [7, 11) is 0. The number of hydrogen-bond donors (Lipinski definition) is 1. The predicted octanol–water partition coefficient (Wildman–Crippen LogP) is 3.96. The number of carbonyl (C=O) groups is 1.